The molecule has 0 saturated carbocycles. The Bertz CT molecular complexity index is 1280. The number of hydrogen-bond acceptors (Lipinski definition) is 4. The Kier molecular flexibility index (Phi) is 7.92. The number of rotatable bonds is 7. The Morgan fingerprint density at radius 3 is 2.49 bits per heavy atom. The Morgan fingerprint density at radius 2 is 1.83 bits per heavy atom. The van der Waals surface area contributed by atoms with Crippen LogP contribution in [-0.4, -0.2) is 24.7 Å². The molecule has 1 atom stereocenters. The maximum atomic E-state index is 13.8. The summed E-state index contributed by atoms with van der Waals surface area (Å²) in [5.74, 6) is 1.04. The number of aryl methyl sites for hydroxylation is 1. The third-order valence-corrected chi connectivity index (χ3v) is 6.58. The van der Waals surface area contributed by atoms with Crippen molar-refractivity contribution in [2.24, 2.45) is 0 Å². The highest BCUT2D eigenvalue weighted by Gasteiger charge is 2.33. The zero-order valence-electron chi connectivity index (χ0n) is 19.6. The molecule has 3 aromatic carbocycles. The quantitative estimate of drug-likeness (QED) is 0.244. The van der Waals surface area contributed by atoms with Crippen LogP contribution in [0, 0.1) is 10.5 Å². The van der Waals surface area contributed by atoms with Crippen molar-refractivity contribution in [3.05, 3.63) is 92.6 Å². The maximum absolute atomic E-state index is 13.8. The fraction of sp³-hybridized carbons (Fsp3) is 0.185. The van der Waals surface area contributed by atoms with Gasteiger partial charge in [0, 0.05) is 5.69 Å². The highest BCUT2D eigenvalue weighted by Crippen LogP contribution is 2.39. The number of carbonyl (C=O) groups is 1. The maximum Gasteiger partial charge on any atom is 0.256 e. The average Bonchev–Trinajstić information content (AvgIpc) is 2.85. The molecule has 0 bridgehead atoms. The molecule has 8 heteroatoms. The standard InChI is InChI=1S/C27H26IN3O3S/c1-4-34-21-15-18(14-20(28)25(21)33-3)24-22(26(32)29-19-12-10-16(2)11-13-19)23(30-27(35)31-24)17-8-6-5-7-9-17/h5-15,24H,4H2,1-3H3,(H,29,32)(H2,30,31,35)/t24-/m1/s1. The number of benzene rings is 3. The number of amides is 1. The molecule has 35 heavy (non-hydrogen) atoms. The van der Waals surface area contributed by atoms with Crippen molar-refractivity contribution in [1.29, 1.82) is 0 Å². The monoisotopic (exact) mass is 599 g/mol. The first-order valence-electron chi connectivity index (χ1n) is 11.2. The van der Waals surface area contributed by atoms with Gasteiger partial charge in [0.1, 0.15) is 0 Å². The summed E-state index contributed by atoms with van der Waals surface area (Å²) in [7, 11) is 1.62. The van der Waals surface area contributed by atoms with Crippen molar-refractivity contribution in [3.8, 4) is 11.5 Å². The van der Waals surface area contributed by atoms with Gasteiger partial charge in [0.25, 0.3) is 5.91 Å². The minimum Gasteiger partial charge on any atom is -0.492 e. The van der Waals surface area contributed by atoms with Crippen LogP contribution in [0.4, 0.5) is 5.69 Å². The predicted octanol–water partition coefficient (Wildman–Crippen LogP) is 5.58. The second kappa shape index (κ2) is 11.1. The van der Waals surface area contributed by atoms with Gasteiger partial charge in [-0.15, -0.1) is 0 Å². The zero-order chi connectivity index (χ0) is 24.9. The van der Waals surface area contributed by atoms with Crippen LogP contribution in [0.3, 0.4) is 0 Å². The number of methoxy groups -OCH3 is 1. The molecule has 1 heterocycles. The van der Waals surface area contributed by atoms with Gasteiger partial charge in [-0.25, -0.2) is 0 Å². The average molecular weight is 599 g/mol. The summed E-state index contributed by atoms with van der Waals surface area (Å²) >= 11 is 7.78. The van der Waals surface area contributed by atoms with E-state index in [1.807, 2.05) is 80.6 Å². The first-order chi connectivity index (χ1) is 16.9. The summed E-state index contributed by atoms with van der Waals surface area (Å²) in [6.07, 6.45) is 0. The van der Waals surface area contributed by atoms with Gasteiger partial charge >= 0.3 is 0 Å². The van der Waals surface area contributed by atoms with Gasteiger partial charge in [0.05, 0.1) is 34.6 Å². The van der Waals surface area contributed by atoms with Crippen LogP contribution in [0.1, 0.15) is 29.7 Å². The third kappa shape index (κ3) is 5.59. The van der Waals surface area contributed by atoms with Gasteiger partial charge in [0.2, 0.25) is 0 Å². The lowest BCUT2D eigenvalue weighted by Crippen LogP contribution is -2.45. The number of ether oxygens (including phenoxy) is 2. The fourth-order valence-corrected chi connectivity index (χ4v) is 5.01. The van der Waals surface area contributed by atoms with Crippen molar-refractivity contribution < 1.29 is 14.3 Å². The minimum absolute atomic E-state index is 0.232. The molecule has 0 spiro atoms. The van der Waals surface area contributed by atoms with Crippen LogP contribution in [0.5, 0.6) is 11.5 Å². The predicted molar refractivity (Wildman–Crippen MR) is 152 cm³/mol. The second-order valence-corrected chi connectivity index (χ2v) is 9.54. The summed E-state index contributed by atoms with van der Waals surface area (Å²) in [6, 6.07) is 20.8. The van der Waals surface area contributed by atoms with E-state index < -0.39 is 6.04 Å². The topological polar surface area (TPSA) is 71.6 Å². The van der Waals surface area contributed by atoms with Crippen molar-refractivity contribution in [2.75, 3.05) is 19.0 Å². The molecular weight excluding hydrogens is 573 g/mol. The highest BCUT2D eigenvalue weighted by atomic mass is 127. The molecule has 0 fully saturated rings. The molecule has 0 unspecified atom stereocenters. The van der Waals surface area contributed by atoms with Gasteiger partial charge in [-0.3, -0.25) is 4.79 Å². The largest absolute Gasteiger partial charge is 0.492 e. The van der Waals surface area contributed by atoms with Gasteiger partial charge in [-0.05, 0) is 84.0 Å². The van der Waals surface area contributed by atoms with Crippen LogP contribution < -0.4 is 25.4 Å². The van der Waals surface area contributed by atoms with E-state index in [0.29, 0.717) is 40.2 Å². The van der Waals surface area contributed by atoms with Crippen LogP contribution in [-0.2, 0) is 4.79 Å². The minimum atomic E-state index is -0.511. The lowest BCUT2D eigenvalue weighted by molar-refractivity contribution is -0.113. The van der Waals surface area contributed by atoms with Crippen molar-refractivity contribution in [3.63, 3.8) is 0 Å². The van der Waals surface area contributed by atoms with Gasteiger partial charge in [-0.1, -0.05) is 48.0 Å². The van der Waals surface area contributed by atoms with Crippen LogP contribution in [0.2, 0.25) is 0 Å². The lowest BCUT2D eigenvalue weighted by atomic mass is 9.91. The number of carbonyl (C=O) groups excluding carboxylic acids is 1. The normalized spacial score (nSPS) is 15.2. The third-order valence-electron chi connectivity index (χ3n) is 5.56. The number of anilines is 1. The molecule has 0 aliphatic carbocycles. The van der Waals surface area contributed by atoms with E-state index in [1.54, 1.807) is 7.11 Å². The molecule has 1 aliphatic heterocycles. The van der Waals surface area contributed by atoms with E-state index in [0.717, 1.165) is 20.3 Å². The molecule has 1 aliphatic rings. The Morgan fingerprint density at radius 1 is 1.11 bits per heavy atom. The Hall–Kier alpha value is -3.11. The summed E-state index contributed by atoms with van der Waals surface area (Å²) in [6.45, 7) is 4.42. The molecule has 0 radical (unpaired) electrons. The van der Waals surface area contributed by atoms with Gasteiger partial charge < -0.3 is 25.4 Å². The number of hydrogen-bond donors (Lipinski definition) is 3. The second-order valence-electron chi connectivity index (χ2n) is 7.97. The van der Waals surface area contributed by atoms with Crippen LogP contribution in [0.25, 0.3) is 5.70 Å². The lowest BCUT2D eigenvalue weighted by Gasteiger charge is -2.32. The number of thiocarbonyl (C=S) groups is 1. The Balaban J connectivity index is 1.86. The highest BCUT2D eigenvalue weighted by molar-refractivity contribution is 14.1. The molecule has 3 N–H and O–H groups in total. The molecule has 0 aromatic heterocycles. The smallest absolute Gasteiger partial charge is 0.256 e. The first-order valence-corrected chi connectivity index (χ1v) is 12.6. The summed E-state index contributed by atoms with van der Waals surface area (Å²) in [4.78, 5) is 13.8. The molecule has 0 saturated heterocycles. The molecule has 1 amide bonds. The first kappa shape index (κ1) is 25.0. The van der Waals surface area contributed by atoms with E-state index in [9.17, 15) is 4.79 Å². The molecule has 180 valence electrons. The number of nitrogens with one attached hydrogen (secondary N) is 3. The summed E-state index contributed by atoms with van der Waals surface area (Å²) in [5, 5.41) is 10.00. The van der Waals surface area contributed by atoms with E-state index in [4.69, 9.17) is 21.7 Å². The van der Waals surface area contributed by atoms with Crippen molar-refractivity contribution >= 4 is 57.2 Å². The van der Waals surface area contributed by atoms with E-state index in [-0.39, 0.29) is 5.91 Å². The fourth-order valence-electron chi connectivity index (χ4n) is 3.94. The van der Waals surface area contributed by atoms with E-state index >= 15 is 0 Å². The van der Waals surface area contributed by atoms with Crippen LogP contribution in [0.15, 0.2) is 72.3 Å². The Labute approximate surface area is 224 Å². The molecule has 4 rings (SSSR count). The van der Waals surface area contributed by atoms with E-state index in [2.05, 4.69) is 38.5 Å². The van der Waals surface area contributed by atoms with Gasteiger partial charge in [0.15, 0.2) is 16.6 Å². The summed E-state index contributed by atoms with van der Waals surface area (Å²) < 4.78 is 12.3. The zero-order valence-corrected chi connectivity index (χ0v) is 22.6. The molecular formula is C27H26IN3O3S. The molecule has 6 nitrogen and oxygen atoms in total. The van der Waals surface area contributed by atoms with E-state index in [1.165, 1.54) is 0 Å². The van der Waals surface area contributed by atoms with Crippen molar-refractivity contribution in [1.82, 2.24) is 10.6 Å². The summed E-state index contributed by atoms with van der Waals surface area (Å²) in [5.41, 5.74) is 4.72. The number of halogens is 1. The van der Waals surface area contributed by atoms with Crippen molar-refractivity contribution in [2.45, 2.75) is 19.9 Å². The van der Waals surface area contributed by atoms with Gasteiger partial charge in [-0.2, -0.15) is 0 Å². The van der Waals surface area contributed by atoms with Crippen LogP contribution >= 0.6 is 34.8 Å². The SMILES string of the molecule is CCOc1cc([C@H]2NC(=S)NC(c3ccccc3)=C2C(=O)Nc2ccc(C)cc2)cc(I)c1OC. The molecule has 3 aromatic rings.